The molecule has 2 unspecified atom stereocenters. The summed E-state index contributed by atoms with van der Waals surface area (Å²) in [7, 11) is 2.97. The van der Waals surface area contributed by atoms with Crippen LogP contribution in [0.25, 0.3) is 0 Å². The van der Waals surface area contributed by atoms with Crippen molar-refractivity contribution in [3.8, 4) is 12.0 Å². The zero-order chi connectivity index (χ0) is 13.1. The number of methoxy groups -OCH3 is 2. The van der Waals surface area contributed by atoms with E-state index in [1.165, 1.54) is 14.2 Å². The highest BCUT2D eigenvalue weighted by Gasteiger charge is 2.32. The quantitative estimate of drug-likeness (QED) is 0.724. The highest BCUT2D eigenvalue weighted by Crippen LogP contribution is 2.26. The predicted molar refractivity (Wildman–Crippen MR) is 62.0 cm³/mol. The molecule has 0 bridgehead atoms. The van der Waals surface area contributed by atoms with Crippen molar-refractivity contribution in [3.05, 3.63) is 5.82 Å². The molecule has 1 aromatic heterocycles. The van der Waals surface area contributed by atoms with Crippen molar-refractivity contribution in [1.29, 1.82) is 0 Å². The Bertz CT molecular complexity index is 384. The van der Waals surface area contributed by atoms with Gasteiger partial charge in [-0.3, -0.25) is 5.84 Å². The lowest BCUT2D eigenvalue weighted by molar-refractivity contribution is -0.0672. The zero-order valence-corrected chi connectivity index (χ0v) is 10.7. The van der Waals surface area contributed by atoms with E-state index in [9.17, 15) is 0 Å². The number of rotatable bonds is 3. The van der Waals surface area contributed by atoms with Crippen LogP contribution in [0.4, 0.5) is 0 Å². The van der Waals surface area contributed by atoms with Gasteiger partial charge in [0, 0.05) is 6.54 Å². The fourth-order valence-corrected chi connectivity index (χ4v) is 1.87. The molecule has 8 nitrogen and oxygen atoms in total. The van der Waals surface area contributed by atoms with Crippen LogP contribution in [0, 0.1) is 0 Å². The maximum atomic E-state index is 5.96. The average Bonchev–Trinajstić information content (AvgIpc) is 2.38. The molecule has 2 heterocycles. The molecule has 2 rings (SSSR count). The molecule has 0 amide bonds. The third kappa shape index (κ3) is 2.50. The normalized spacial score (nSPS) is 24.9. The van der Waals surface area contributed by atoms with Gasteiger partial charge in [0.25, 0.3) is 0 Å². The molecular weight excluding hydrogens is 238 g/mol. The van der Waals surface area contributed by atoms with Crippen molar-refractivity contribution in [2.24, 2.45) is 5.84 Å². The van der Waals surface area contributed by atoms with E-state index in [4.69, 9.17) is 20.1 Å². The molecule has 2 N–H and O–H groups in total. The Kier molecular flexibility index (Phi) is 3.90. The van der Waals surface area contributed by atoms with Gasteiger partial charge < -0.3 is 14.2 Å². The number of hydrazine groups is 1. The van der Waals surface area contributed by atoms with Gasteiger partial charge in [-0.25, -0.2) is 5.01 Å². The Hall–Kier alpha value is -1.51. The molecular formula is C10H17N5O3. The highest BCUT2D eigenvalue weighted by molar-refractivity contribution is 5.09. The molecule has 2 atom stereocenters. The number of morpholine rings is 1. The maximum Gasteiger partial charge on any atom is 0.322 e. The Morgan fingerprint density at radius 3 is 2.33 bits per heavy atom. The summed E-state index contributed by atoms with van der Waals surface area (Å²) in [6, 6.07) is 0.149. The van der Waals surface area contributed by atoms with Gasteiger partial charge in [0.2, 0.25) is 0 Å². The average molecular weight is 255 g/mol. The van der Waals surface area contributed by atoms with Gasteiger partial charge >= 0.3 is 12.0 Å². The second kappa shape index (κ2) is 5.42. The van der Waals surface area contributed by atoms with Gasteiger partial charge in [-0.15, -0.1) is 4.98 Å². The molecule has 1 aliphatic rings. The number of nitrogens with zero attached hydrogens (tertiary/aromatic N) is 4. The molecule has 100 valence electrons. The van der Waals surface area contributed by atoms with E-state index in [0.717, 1.165) is 0 Å². The summed E-state index contributed by atoms with van der Waals surface area (Å²) in [5, 5.41) is 1.66. The van der Waals surface area contributed by atoms with Crippen LogP contribution in [0.2, 0.25) is 0 Å². The lowest BCUT2D eigenvalue weighted by Gasteiger charge is -2.35. The molecule has 1 fully saturated rings. The standard InChI is InChI=1S/C10H17N5O3/c1-6-7(15(11)4-5-18-6)8-12-9(16-2)14-10(13-8)17-3/h6-7H,4-5,11H2,1-3H3. The summed E-state index contributed by atoms with van der Waals surface area (Å²) in [6.07, 6.45) is -0.111. The molecule has 18 heavy (non-hydrogen) atoms. The molecule has 1 aromatic rings. The summed E-state index contributed by atoms with van der Waals surface area (Å²) in [5.41, 5.74) is 0. The van der Waals surface area contributed by atoms with Crippen LogP contribution in [-0.2, 0) is 4.74 Å². The van der Waals surface area contributed by atoms with Crippen molar-refractivity contribution in [2.45, 2.75) is 19.1 Å². The Labute approximate surface area is 105 Å². The van der Waals surface area contributed by atoms with Gasteiger partial charge in [-0.05, 0) is 6.92 Å². The first kappa shape index (κ1) is 12.9. The van der Waals surface area contributed by atoms with E-state index in [0.29, 0.717) is 19.0 Å². The molecule has 0 saturated carbocycles. The summed E-state index contributed by atoms with van der Waals surface area (Å²) in [6.45, 7) is 3.13. The van der Waals surface area contributed by atoms with Crippen LogP contribution in [0.1, 0.15) is 18.8 Å². The first-order chi connectivity index (χ1) is 8.65. The van der Waals surface area contributed by atoms with Crippen LogP contribution in [0.15, 0.2) is 0 Å². The number of hydrogen-bond acceptors (Lipinski definition) is 8. The van der Waals surface area contributed by atoms with Crippen LogP contribution in [-0.4, -0.2) is 53.4 Å². The van der Waals surface area contributed by atoms with Crippen molar-refractivity contribution in [1.82, 2.24) is 20.0 Å². The minimum Gasteiger partial charge on any atom is -0.467 e. The number of aromatic nitrogens is 3. The third-order valence-electron chi connectivity index (χ3n) is 2.77. The molecule has 1 saturated heterocycles. The van der Waals surface area contributed by atoms with E-state index in [1.54, 1.807) is 5.01 Å². The summed E-state index contributed by atoms with van der Waals surface area (Å²) in [4.78, 5) is 12.3. The maximum absolute atomic E-state index is 5.96. The van der Waals surface area contributed by atoms with Crippen molar-refractivity contribution < 1.29 is 14.2 Å². The van der Waals surface area contributed by atoms with Crippen molar-refractivity contribution in [2.75, 3.05) is 27.4 Å². The fraction of sp³-hybridized carbons (Fsp3) is 0.700. The number of hydrogen-bond donors (Lipinski definition) is 1. The first-order valence-corrected chi connectivity index (χ1v) is 5.62. The molecule has 0 aromatic carbocycles. The van der Waals surface area contributed by atoms with E-state index in [-0.39, 0.29) is 24.2 Å². The summed E-state index contributed by atoms with van der Waals surface area (Å²) in [5.74, 6) is 6.44. The Morgan fingerprint density at radius 2 is 1.83 bits per heavy atom. The van der Waals surface area contributed by atoms with E-state index < -0.39 is 0 Å². The number of ether oxygens (including phenoxy) is 3. The van der Waals surface area contributed by atoms with Gasteiger partial charge in [0.1, 0.15) is 6.04 Å². The molecule has 1 aliphatic heterocycles. The minimum absolute atomic E-state index is 0.111. The van der Waals surface area contributed by atoms with Crippen molar-refractivity contribution >= 4 is 0 Å². The molecule has 0 aliphatic carbocycles. The van der Waals surface area contributed by atoms with Crippen molar-refractivity contribution in [3.63, 3.8) is 0 Å². The lowest BCUT2D eigenvalue weighted by atomic mass is 10.1. The molecule has 0 spiro atoms. The van der Waals surface area contributed by atoms with Crippen LogP contribution in [0.5, 0.6) is 12.0 Å². The van der Waals surface area contributed by atoms with E-state index in [1.807, 2.05) is 6.92 Å². The Balaban J connectivity index is 2.35. The lowest BCUT2D eigenvalue weighted by Crippen LogP contribution is -2.48. The van der Waals surface area contributed by atoms with Gasteiger partial charge in [-0.2, -0.15) is 9.97 Å². The topological polar surface area (TPSA) is 95.6 Å². The van der Waals surface area contributed by atoms with E-state index in [2.05, 4.69) is 15.0 Å². The van der Waals surface area contributed by atoms with Crippen LogP contribution < -0.4 is 15.3 Å². The number of nitrogens with two attached hydrogens (primary N) is 1. The molecule has 0 radical (unpaired) electrons. The summed E-state index contributed by atoms with van der Waals surface area (Å²) < 4.78 is 15.6. The van der Waals surface area contributed by atoms with E-state index >= 15 is 0 Å². The smallest absolute Gasteiger partial charge is 0.322 e. The predicted octanol–water partition coefficient (Wildman–Crippen LogP) is -0.476. The highest BCUT2D eigenvalue weighted by atomic mass is 16.5. The van der Waals surface area contributed by atoms with Crippen LogP contribution in [0.3, 0.4) is 0 Å². The van der Waals surface area contributed by atoms with Gasteiger partial charge in [-0.1, -0.05) is 0 Å². The van der Waals surface area contributed by atoms with Gasteiger partial charge in [0.05, 0.1) is 26.9 Å². The second-order valence-corrected chi connectivity index (χ2v) is 3.93. The second-order valence-electron chi connectivity index (χ2n) is 3.93. The first-order valence-electron chi connectivity index (χ1n) is 5.62. The zero-order valence-electron chi connectivity index (χ0n) is 10.7. The van der Waals surface area contributed by atoms with Gasteiger partial charge in [0.15, 0.2) is 5.82 Å². The minimum atomic E-state index is -0.246. The molecule has 8 heteroatoms. The largest absolute Gasteiger partial charge is 0.467 e. The SMILES string of the molecule is COc1nc(OC)nc(C2C(C)OCCN2N)n1. The monoisotopic (exact) mass is 255 g/mol. The summed E-state index contributed by atoms with van der Waals surface area (Å²) >= 11 is 0. The third-order valence-corrected chi connectivity index (χ3v) is 2.77. The van der Waals surface area contributed by atoms with Crippen LogP contribution >= 0.6 is 0 Å². The Morgan fingerprint density at radius 1 is 1.22 bits per heavy atom. The fourth-order valence-electron chi connectivity index (χ4n) is 1.87.